The smallest absolute Gasteiger partial charge is 0.256 e. The first kappa shape index (κ1) is 43.7. The molecule has 9 atom stereocenters. The molecule has 21 heteroatoms. The van der Waals surface area contributed by atoms with Crippen LogP contribution in [-0.4, -0.2) is 116 Å². The van der Waals surface area contributed by atoms with Crippen LogP contribution in [0.1, 0.15) is 92.0 Å². The lowest BCUT2D eigenvalue weighted by molar-refractivity contribution is -0.224. The molecule has 20 nitrogen and oxygen atoms in total. The van der Waals surface area contributed by atoms with Gasteiger partial charge in [0, 0.05) is 17.8 Å². The molecule has 12 rings (SSSR count). The molecule has 2 spiro atoms. The summed E-state index contributed by atoms with van der Waals surface area (Å²) in [6, 6.07) is 19.9. The highest BCUT2D eigenvalue weighted by atomic mass is 31.2. The molecule has 3 unspecified atom stereocenters. The zero-order valence-electron chi connectivity index (χ0n) is 36.9. The number of rotatable bonds is 13. The molecular formula is C46H48N11O9P. The minimum atomic E-state index is -1.23. The monoisotopic (exact) mass is 929 g/mol. The van der Waals surface area contributed by atoms with Crippen molar-refractivity contribution in [3.63, 3.8) is 0 Å². The zero-order valence-corrected chi connectivity index (χ0v) is 37.8. The maximum absolute atomic E-state index is 12.7. The van der Waals surface area contributed by atoms with Crippen LogP contribution in [0, 0.1) is 11.3 Å². The molecule has 67 heavy (non-hydrogen) atoms. The number of imidazole rings is 2. The minimum absolute atomic E-state index is 0.277. The van der Waals surface area contributed by atoms with Crippen LogP contribution < -0.4 is 10.6 Å². The summed E-state index contributed by atoms with van der Waals surface area (Å²) in [7, 11) is -1.23. The number of aromatic nitrogens is 8. The first-order valence-corrected chi connectivity index (χ1v) is 24.1. The van der Waals surface area contributed by atoms with Crippen LogP contribution in [0.4, 0.5) is 11.6 Å². The number of aliphatic hydroxyl groups excluding tert-OH is 1. The van der Waals surface area contributed by atoms with Crippen molar-refractivity contribution in [3.8, 4) is 6.07 Å². The van der Waals surface area contributed by atoms with E-state index in [9.17, 15) is 14.7 Å². The van der Waals surface area contributed by atoms with Gasteiger partial charge in [-0.1, -0.05) is 50.2 Å². The number of hydrogen-bond acceptors (Lipinski definition) is 16. The fourth-order valence-corrected chi connectivity index (χ4v) is 11.6. The summed E-state index contributed by atoms with van der Waals surface area (Å²) in [6.45, 7) is 6.32. The first-order valence-electron chi connectivity index (χ1n) is 22.5. The zero-order chi connectivity index (χ0) is 46.1. The molecule has 6 aromatic rings. The van der Waals surface area contributed by atoms with Crippen molar-refractivity contribution in [1.82, 2.24) is 39.0 Å². The second-order valence-corrected chi connectivity index (χ2v) is 18.9. The number of ether oxygens (including phenoxy) is 4. The third-order valence-electron chi connectivity index (χ3n) is 14.0. The van der Waals surface area contributed by atoms with Gasteiger partial charge in [-0.2, -0.15) is 5.26 Å². The number of carbonyl (C=O) groups excluding carboxylic acids is 2. The lowest BCUT2D eigenvalue weighted by atomic mass is 9.88. The van der Waals surface area contributed by atoms with Gasteiger partial charge in [0.2, 0.25) is 0 Å². The van der Waals surface area contributed by atoms with Crippen molar-refractivity contribution in [1.29, 1.82) is 5.26 Å². The number of benzene rings is 2. The van der Waals surface area contributed by atoms with E-state index in [0.29, 0.717) is 71.0 Å². The molecule has 4 aromatic heterocycles. The summed E-state index contributed by atoms with van der Waals surface area (Å²) in [6.07, 6.45) is 8.40. The lowest BCUT2D eigenvalue weighted by Crippen LogP contribution is -2.49. The Morgan fingerprint density at radius 3 is 1.75 bits per heavy atom. The molecule has 2 amide bonds. The number of nitriles is 1. The Labute approximate surface area is 385 Å². The van der Waals surface area contributed by atoms with E-state index >= 15 is 0 Å². The van der Waals surface area contributed by atoms with E-state index in [1.165, 1.54) is 12.7 Å². The SMILES string of the molecule is CC[C@]12O[C@@H](n3cnc4c(NC(=O)c5ccccc5)ncnc43)C(OC13CC3)[C@H]2O.CC[C@]12O[C@@H](n3cnc4c(NC(=O)c5ccccc5)ncnc43)C(OC13CC3)[C@H]2OP(C)OCCC#N. The van der Waals surface area contributed by atoms with Gasteiger partial charge in [-0.25, -0.2) is 29.9 Å². The molecule has 2 saturated carbocycles. The number of fused-ring (bicyclic) bond motifs is 8. The summed E-state index contributed by atoms with van der Waals surface area (Å²) < 4.78 is 41.9. The molecule has 8 heterocycles. The van der Waals surface area contributed by atoms with Crippen LogP contribution in [0.5, 0.6) is 0 Å². The van der Waals surface area contributed by atoms with Crippen molar-refractivity contribution in [3.05, 3.63) is 97.1 Å². The fraction of sp³-hybridized carbons (Fsp3) is 0.457. The Bertz CT molecular complexity index is 2890. The molecule has 2 aliphatic carbocycles. The number of anilines is 2. The minimum Gasteiger partial charge on any atom is -0.387 e. The molecule has 3 N–H and O–H groups in total. The molecule has 346 valence electrons. The highest BCUT2D eigenvalue weighted by molar-refractivity contribution is 7.46. The standard InChI is InChI=1S/C25H27N6O5P.C21H21N5O4/c1-3-25-19(36-37(2)33-13-7-12-26)18(34-24(25)10-11-24)23(35-25)31-15-29-17-20(27-14-28-21(17)31)30-22(32)16-8-5-4-6-9-16;1-2-21-15(27)14(29-20(21)8-9-20)19(30-21)26-11-24-13-16(22-10-23-17(13)26)25-18(28)12-6-4-3-5-7-12/h4-6,8-9,14-15,18-19,23H,3,7,10-11,13H2,1-2H3,(H,27,28,30,32);3-7,10-11,14-15,19,27H,2,8-9H2,1H3,(H,22,23,25,28)/t18?,19-,23-,25-,37?;14?,15-,19-,21-/m11/s1. The van der Waals surface area contributed by atoms with Gasteiger partial charge >= 0.3 is 0 Å². The predicted octanol–water partition coefficient (Wildman–Crippen LogP) is 5.99. The second-order valence-electron chi connectivity index (χ2n) is 17.5. The maximum atomic E-state index is 12.7. The van der Waals surface area contributed by atoms with E-state index < -0.39 is 44.2 Å². The summed E-state index contributed by atoms with van der Waals surface area (Å²) in [5, 5.41) is 25.4. The van der Waals surface area contributed by atoms with E-state index in [4.69, 9.17) is 33.3 Å². The Kier molecular flexibility index (Phi) is 10.9. The van der Waals surface area contributed by atoms with Gasteiger partial charge in [0.05, 0.1) is 31.8 Å². The number of aliphatic hydroxyl groups is 1. The van der Waals surface area contributed by atoms with Crippen molar-refractivity contribution in [2.24, 2.45) is 0 Å². The van der Waals surface area contributed by atoms with Gasteiger partial charge in [0.1, 0.15) is 59.5 Å². The predicted molar refractivity (Wildman–Crippen MR) is 239 cm³/mol. The van der Waals surface area contributed by atoms with E-state index in [-0.39, 0.29) is 35.2 Å². The highest BCUT2D eigenvalue weighted by Gasteiger charge is 2.79. The Morgan fingerprint density at radius 2 is 1.24 bits per heavy atom. The first-order chi connectivity index (χ1) is 32.6. The van der Waals surface area contributed by atoms with E-state index in [1.54, 1.807) is 65.8 Å². The number of carbonyl (C=O) groups is 2. The van der Waals surface area contributed by atoms with Crippen LogP contribution >= 0.6 is 8.38 Å². The van der Waals surface area contributed by atoms with Crippen molar-refractivity contribution < 1.29 is 42.7 Å². The molecule has 6 fully saturated rings. The molecule has 4 saturated heterocycles. The van der Waals surface area contributed by atoms with Crippen LogP contribution in [0.25, 0.3) is 22.3 Å². The van der Waals surface area contributed by atoms with Gasteiger partial charge in [-0.3, -0.25) is 18.7 Å². The van der Waals surface area contributed by atoms with Crippen LogP contribution in [0.2, 0.25) is 0 Å². The number of nitrogens with one attached hydrogen (secondary N) is 2. The van der Waals surface area contributed by atoms with Gasteiger partial charge < -0.3 is 43.7 Å². The van der Waals surface area contributed by atoms with E-state index in [1.807, 2.05) is 30.3 Å². The average molecular weight is 930 g/mol. The highest BCUT2D eigenvalue weighted by Crippen LogP contribution is 2.68. The summed E-state index contributed by atoms with van der Waals surface area (Å²) in [5.74, 6) is 0.0829. The lowest BCUT2D eigenvalue weighted by Gasteiger charge is -2.38. The second kappa shape index (κ2) is 16.7. The van der Waals surface area contributed by atoms with Crippen molar-refractivity contribution >= 4 is 54.2 Å². The molecule has 2 aromatic carbocycles. The van der Waals surface area contributed by atoms with E-state index in [0.717, 1.165) is 25.7 Å². The summed E-state index contributed by atoms with van der Waals surface area (Å²) in [4.78, 5) is 51.5. The Hall–Kier alpha value is -5.88. The molecular weight excluding hydrogens is 882 g/mol. The normalized spacial score (nSPS) is 29.2. The van der Waals surface area contributed by atoms with Gasteiger partial charge in [0.25, 0.3) is 11.8 Å². The Balaban J connectivity index is 0.000000151. The van der Waals surface area contributed by atoms with Crippen molar-refractivity contribution in [2.75, 3.05) is 23.9 Å². The van der Waals surface area contributed by atoms with Crippen LogP contribution in [0.15, 0.2) is 86.0 Å². The molecule has 4 aliphatic heterocycles. The van der Waals surface area contributed by atoms with Crippen molar-refractivity contribution in [2.45, 2.75) is 118 Å². The summed E-state index contributed by atoms with van der Waals surface area (Å²) in [5.41, 5.74) is 0.967. The summed E-state index contributed by atoms with van der Waals surface area (Å²) >= 11 is 0. The fourth-order valence-electron chi connectivity index (χ4n) is 10.6. The molecule has 4 bridgehead atoms. The molecule has 0 radical (unpaired) electrons. The number of nitrogens with zero attached hydrogens (tertiary/aromatic N) is 9. The third kappa shape index (κ3) is 6.94. The van der Waals surface area contributed by atoms with Crippen LogP contribution in [0.3, 0.4) is 0 Å². The topological polar surface area (TPSA) is 245 Å². The van der Waals surface area contributed by atoms with Gasteiger partial charge in [-0.15, -0.1) is 0 Å². The van der Waals surface area contributed by atoms with Gasteiger partial charge in [-0.05, 0) is 62.8 Å². The van der Waals surface area contributed by atoms with Crippen LogP contribution in [-0.2, 0) is 28.0 Å². The van der Waals surface area contributed by atoms with E-state index in [2.05, 4.69) is 53.5 Å². The quantitative estimate of drug-likeness (QED) is 0.0889. The maximum Gasteiger partial charge on any atom is 0.256 e. The number of amides is 2. The number of hydrogen-bond donors (Lipinski definition) is 3. The molecule has 6 aliphatic rings. The third-order valence-corrected chi connectivity index (χ3v) is 15.1. The van der Waals surface area contributed by atoms with Gasteiger partial charge in [0.15, 0.2) is 54.8 Å². The average Bonchev–Trinajstić information content (AvgIpc) is 4.01. The largest absolute Gasteiger partial charge is 0.387 e. The Morgan fingerprint density at radius 1 is 0.746 bits per heavy atom.